The van der Waals surface area contributed by atoms with Crippen LogP contribution in [0.1, 0.15) is 157 Å². The van der Waals surface area contributed by atoms with Gasteiger partial charge in [-0.2, -0.15) is 0 Å². The van der Waals surface area contributed by atoms with E-state index in [1.54, 1.807) is 0 Å². The van der Waals surface area contributed by atoms with E-state index in [-0.39, 0.29) is 0 Å². The molecule has 6 aromatic heterocycles. The largest absolute Gasteiger partial charge is 0.354 e. The van der Waals surface area contributed by atoms with Crippen LogP contribution in [0.4, 0.5) is 0 Å². The minimum atomic E-state index is 0.848. The van der Waals surface area contributed by atoms with E-state index < -0.39 is 0 Å². The molecule has 8 nitrogen and oxygen atoms in total. The van der Waals surface area contributed by atoms with Crippen LogP contribution in [-0.4, -0.2) is 39.9 Å². The molecule has 4 aliphatic heterocycles. The molecule has 8 heteroatoms. The van der Waals surface area contributed by atoms with E-state index >= 15 is 0 Å². The molecule has 18 rings (SSSR count). The smallest absolute Gasteiger partial charge is 0.0737 e. The lowest BCUT2D eigenvalue weighted by Gasteiger charge is -2.14. The van der Waals surface area contributed by atoms with Gasteiger partial charge in [-0.15, -0.1) is 0 Å². The van der Waals surface area contributed by atoms with E-state index in [0.717, 1.165) is 179 Å². The Bertz CT molecular complexity index is 6510. The van der Waals surface area contributed by atoms with Crippen molar-refractivity contribution in [1.29, 1.82) is 0 Å². The van der Waals surface area contributed by atoms with Gasteiger partial charge in [-0.3, -0.25) is 0 Å². The fourth-order valence-electron chi connectivity index (χ4n) is 19.6. The van der Waals surface area contributed by atoms with Crippen molar-refractivity contribution in [1.82, 2.24) is 39.9 Å². The molecule has 0 radical (unpaired) electrons. The lowest BCUT2D eigenvalue weighted by molar-refractivity contribution is 1.27. The van der Waals surface area contributed by atoms with Crippen molar-refractivity contribution in [3.8, 4) is 101 Å². The summed E-state index contributed by atoms with van der Waals surface area (Å²) in [5, 5.41) is 0. The molecular formula is C108H94N8. The van der Waals surface area contributed by atoms with Crippen molar-refractivity contribution < 1.29 is 0 Å². The number of aromatic nitrogens is 8. The van der Waals surface area contributed by atoms with E-state index in [1.807, 2.05) is 0 Å². The first kappa shape index (κ1) is 74.0. The highest BCUT2D eigenvalue weighted by atomic mass is 14.8. The van der Waals surface area contributed by atoms with Gasteiger partial charge in [-0.05, 0) is 357 Å². The Morgan fingerprint density at radius 2 is 0.319 bits per heavy atom. The number of benzene rings is 8. The Kier molecular flexibility index (Phi) is 18.4. The van der Waals surface area contributed by atoms with Crippen molar-refractivity contribution in [2.45, 2.75) is 125 Å². The van der Waals surface area contributed by atoms with Crippen molar-refractivity contribution >= 4 is 92.7 Å². The zero-order valence-corrected chi connectivity index (χ0v) is 69.6. The van der Waals surface area contributed by atoms with Crippen LogP contribution < -0.4 is 0 Å². The van der Waals surface area contributed by atoms with Crippen LogP contribution in [0.25, 0.3) is 182 Å². The third-order valence-electron chi connectivity index (χ3n) is 23.8. The maximum Gasteiger partial charge on any atom is 0.0737 e. The summed E-state index contributed by atoms with van der Waals surface area (Å²) < 4.78 is 0. The number of nitrogens with zero attached hydrogens (tertiary/aromatic N) is 4. The second-order valence-electron chi connectivity index (χ2n) is 33.1. The number of nitrogens with one attached hydrogen (secondary N) is 4. The zero-order chi connectivity index (χ0) is 80.5. The molecule has 0 atom stereocenters. The Balaban J connectivity index is 0.801. The minimum absolute atomic E-state index is 0.848. The monoisotopic (exact) mass is 1500 g/mol. The summed E-state index contributed by atoms with van der Waals surface area (Å²) in [6.45, 7) is 39.8. The highest BCUT2D eigenvalue weighted by Crippen LogP contribution is 2.47. The van der Waals surface area contributed by atoms with Gasteiger partial charge in [0.05, 0.1) is 45.6 Å². The fourth-order valence-corrected chi connectivity index (χ4v) is 19.6. The van der Waals surface area contributed by atoms with Crippen molar-refractivity contribution in [3.05, 3.63) is 327 Å². The first-order chi connectivity index (χ1) is 55.8. The van der Waals surface area contributed by atoms with Crippen LogP contribution in [0, 0.1) is 136 Å². The van der Waals surface area contributed by atoms with Gasteiger partial charge >= 0.3 is 0 Å². The number of H-pyrrole nitrogens is 4. The Hall–Kier alpha value is -13.5. The maximum atomic E-state index is 5.75. The van der Waals surface area contributed by atoms with E-state index in [9.17, 15) is 0 Å². The first-order valence-corrected chi connectivity index (χ1v) is 40.4. The number of hydrogen-bond donors (Lipinski definition) is 4. The summed E-state index contributed by atoms with van der Waals surface area (Å²) in [6, 6.07) is 62.6. The molecule has 116 heavy (non-hydrogen) atoms. The molecule has 566 valence electrons. The lowest BCUT2D eigenvalue weighted by atomic mass is 9.92. The van der Waals surface area contributed by atoms with Crippen LogP contribution in [0.15, 0.2) is 170 Å². The Morgan fingerprint density at radius 3 is 0.483 bits per heavy atom. The molecule has 0 unspecified atom stereocenters. The van der Waals surface area contributed by atoms with Gasteiger partial charge in [-0.25, -0.2) is 19.9 Å². The van der Waals surface area contributed by atoms with Gasteiger partial charge in [0.15, 0.2) is 0 Å². The normalized spacial score (nSPS) is 12.2. The van der Waals surface area contributed by atoms with Crippen molar-refractivity contribution in [2.24, 2.45) is 0 Å². The van der Waals surface area contributed by atoms with E-state index in [4.69, 9.17) is 19.9 Å². The molecule has 0 amide bonds. The second kappa shape index (κ2) is 28.9. The second-order valence-corrected chi connectivity index (χ2v) is 33.1. The average molecular weight is 1500 g/mol. The van der Waals surface area contributed by atoms with Crippen LogP contribution in [-0.2, 0) is 0 Å². The predicted octanol–water partition coefficient (Wildman–Crippen LogP) is 27.9. The summed E-state index contributed by atoms with van der Waals surface area (Å²) in [4.78, 5) is 39.1. The Morgan fingerprint density at radius 1 is 0.172 bits per heavy atom. The van der Waals surface area contributed by atoms with Crippen LogP contribution >= 0.6 is 0 Å². The molecule has 10 heterocycles. The van der Waals surface area contributed by atoms with Gasteiger partial charge < -0.3 is 19.9 Å². The molecule has 0 saturated heterocycles. The fraction of sp³-hybridized carbons (Fsp3) is 0.167. The summed E-state index contributed by atoms with van der Waals surface area (Å²) in [7, 11) is 0. The molecule has 0 fully saturated rings. The van der Waals surface area contributed by atoms with Gasteiger partial charge in [0.2, 0.25) is 0 Å². The molecule has 0 spiro atoms. The van der Waals surface area contributed by atoms with E-state index in [2.05, 4.69) is 375 Å². The van der Waals surface area contributed by atoms with E-state index in [1.165, 1.54) is 111 Å². The number of rotatable bonds is 8. The van der Waals surface area contributed by atoms with E-state index in [0.29, 0.717) is 0 Å². The Labute approximate surface area is 680 Å². The quantitative estimate of drug-likeness (QED) is 0.113. The standard InChI is InChI=1S/C108H94N8/c1-57-45-63(7)95(64(8)46-57)103-83-33-29-79(109-83)101(80-30-34-84(110-80)104(96-65(9)47-58(2)48-66(96)10)88-38-42-92(114-88)107(91-41-37-87(103)113-91)99-71(15)53-61(5)54-72(99)16)77-25-21-75(22-26-77)19-20-76-23-27-78(28-24-76)102-81-31-35-85(111-81)105(97-67(11)49-59(3)50-68(97)12)89-39-43-93(115-89)108(100-73(17)55-62(6)56-74(100)18)94-44-40-90(116-94)106(86-36-32-82(102)112-86)98-69(13)51-60(4)52-70(98)14/h21-56,109,111,114,116H,1-18H3/i101+1. The topological polar surface area (TPSA) is 115 Å². The minimum Gasteiger partial charge on any atom is -0.354 e. The molecule has 4 N–H and O–H groups in total. The van der Waals surface area contributed by atoms with Crippen LogP contribution in [0.2, 0.25) is 0 Å². The van der Waals surface area contributed by atoms with Gasteiger partial charge in [0.25, 0.3) is 0 Å². The molecule has 0 saturated carbocycles. The summed E-state index contributed by atoms with van der Waals surface area (Å²) in [5.41, 5.74) is 55.4. The third kappa shape index (κ3) is 13.1. The number of aryl methyl sites for hydroxylation is 18. The lowest BCUT2D eigenvalue weighted by Crippen LogP contribution is -1.96. The molecule has 16 bridgehead atoms. The molecular weight excluding hydrogens is 1410 g/mol. The SMILES string of the molecule is Cc1cc(C)c(-c2c3nc(c(-c4c(C)cc(C)cc4C)c4ccc([nH]4)c(-c4c(C)cc(C)cc4C)c4nc(c(-c5ccc(C#Cc6ccc(-[13c]7c8nc(c(-c9c(C)cc(C)cc9C)c9ccc([nH]9)c(-c9c(C)cc(C)cc9C)c9nc(c(-c%10c(C)cc(C)cc%10C)c%10ccc7[nH]%10)C=C9)C=C8)cc6)cc5)c5ccc2[nH]5)C=C4)C=C3)c(C)c1. The van der Waals surface area contributed by atoms with Crippen LogP contribution in [0.5, 0.6) is 0 Å². The third-order valence-corrected chi connectivity index (χ3v) is 23.8. The molecule has 14 aromatic rings. The summed E-state index contributed by atoms with van der Waals surface area (Å²) >= 11 is 0. The maximum absolute atomic E-state index is 5.75. The molecule has 8 aromatic carbocycles. The molecule has 4 aliphatic rings. The number of hydrogen-bond acceptors (Lipinski definition) is 4. The zero-order valence-electron chi connectivity index (χ0n) is 69.6. The average Bonchev–Trinajstić information content (AvgIpc) is 1.61. The van der Waals surface area contributed by atoms with Crippen molar-refractivity contribution in [2.75, 3.05) is 0 Å². The highest BCUT2D eigenvalue weighted by Gasteiger charge is 2.27. The summed E-state index contributed by atoms with van der Waals surface area (Å²) in [6.07, 6.45) is 17.6. The predicted molar refractivity (Wildman–Crippen MR) is 492 cm³/mol. The molecule has 0 aliphatic carbocycles. The van der Waals surface area contributed by atoms with Gasteiger partial charge in [0.1, 0.15) is 0 Å². The van der Waals surface area contributed by atoms with Crippen LogP contribution in [0.3, 0.4) is 0 Å². The number of fused-ring (bicyclic) bond motifs is 16. The first-order valence-electron chi connectivity index (χ1n) is 40.4. The van der Waals surface area contributed by atoms with Gasteiger partial charge in [-0.1, -0.05) is 142 Å². The highest BCUT2D eigenvalue weighted by molar-refractivity contribution is 6.05. The van der Waals surface area contributed by atoms with Crippen molar-refractivity contribution in [3.63, 3.8) is 0 Å². The van der Waals surface area contributed by atoms with Gasteiger partial charge in [0, 0.05) is 99.8 Å². The number of aromatic amines is 4. The summed E-state index contributed by atoms with van der Waals surface area (Å²) in [5.74, 6) is 7.17.